The van der Waals surface area contributed by atoms with E-state index in [1.165, 1.54) is 11.1 Å². The van der Waals surface area contributed by atoms with Crippen molar-refractivity contribution < 1.29 is 4.79 Å². The van der Waals surface area contributed by atoms with Gasteiger partial charge in [0, 0.05) is 58.0 Å². The number of nitrogens with zero attached hydrogens (tertiary/aromatic N) is 4. The van der Waals surface area contributed by atoms with Crippen molar-refractivity contribution >= 4 is 5.91 Å². The van der Waals surface area contributed by atoms with E-state index >= 15 is 0 Å². The Balaban J connectivity index is 1.46. The van der Waals surface area contributed by atoms with Crippen molar-refractivity contribution in [3.63, 3.8) is 0 Å². The molecule has 3 rings (SSSR count). The molecule has 0 N–H and O–H groups in total. The highest BCUT2D eigenvalue weighted by Gasteiger charge is 2.19. The lowest BCUT2D eigenvalue weighted by molar-refractivity contribution is -0.131. The smallest absolute Gasteiger partial charge is 0.222 e. The Kier molecular flexibility index (Phi) is 5.64. The van der Waals surface area contributed by atoms with Crippen LogP contribution in [0.15, 0.2) is 42.7 Å². The van der Waals surface area contributed by atoms with E-state index < -0.39 is 0 Å². The average Bonchev–Trinajstić information content (AvgIpc) is 2.86. The molecule has 0 unspecified atom stereocenters. The highest BCUT2D eigenvalue weighted by atomic mass is 16.2. The fourth-order valence-electron chi connectivity index (χ4n) is 3.24. The first-order valence-corrected chi connectivity index (χ1v) is 8.72. The van der Waals surface area contributed by atoms with E-state index in [-0.39, 0.29) is 5.91 Å². The van der Waals surface area contributed by atoms with Crippen LogP contribution in [0.2, 0.25) is 0 Å². The highest BCUT2D eigenvalue weighted by Crippen LogP contribution is 2.11. The second-order valence-corrected chi connectivity index (χ2v) is 6.52. The topological polar surface area (TPSA) is 41.4 Å². The third-order valence-electron chi connectivity index (χ3n) is 4.58. The predicted octanol–water partition coefficient (Wildman–Crippen LogP) is 2.09. The maximum atomic E-state index is 12.5. The van der Waals surface area contributed by atoms with E-state index in [0.717, 1.165) is 45.6 Å². The Morgan fingerprint density at radius 2 is 1.92 bits per heavy atom. The second-order valence-electron chi connectivity index (χ2n) is 6.52. The molecular formula is C19H26N4O. The summed E-state index contributed by atoms with van der Waals surface area (Å²) in [6, 6.07) is 10.2. The maximum absolute atomic E-state index is 12.5. The number of aromatic nitrogens is 2. The number of aryl methyl sites for hydroxylation is 2. The molecule has 5 nitrogen and oxygen atoms in total. The molecule has 128 valence electrons. The minimum absolute atomic E-state index is 0.280. The molecule has 24 heavy (non-hydrogen) atoms. The van der Waals surface area contributed by atoms with Crippen LogP contribution in [-0.2, 0) is 24.8 Å². The molecule has 0 aliphatic carbocycles. The van der Waals surface area contributed by atoms with Gasteiger partial charge in [0.2, 0.25) is 5.91 Å². The normalized spacial score (nSPS) is 16.1. The van der Waals surface area contributed by atoms with Gasteiger partial charge in [-0.3, -0.25) is 14.4 Å². The molecule has 2 heterocycles. The molecule has 1 fully saturated rings. The number of hydrogen-bond donors (Lipinski definition) is 0. The van der Waals surface area contributed by atoms with Crippen LogP contribution in [0, 0.1) is 0 Å². The molecule has 2 aromatic rings. The van der Waals surface area contributed by atoms with Gasteiger partial charge >= 0.3 is 0 Å². The average molecular weight is 326 g/mol. The zero-order valence-electron chi connectivity index (χ0n) is 14.4. The summed E-state index contributed by atoms with van der Waals surface area (Å²) >= 11 is 0. The number of hydrogen-bond acceptors (Lipinski definition) is 3. The van der Waals surface area contributed by atoms with Crippen LogP contribution >= 0.6 is 0 Å². The molecular weight excluding hydrogens is 300 g/mol. The van der Waals surface area contributed by atoms with Crippen molar-refractivity contribution in [2.24, 2.45) is 7.05 Å². The predicted molar refractivity (Wildman–Crippen MR) is 94.4 cm³/mol. The lowest BCUT2D eigenvalue weighted by atomic mass is 10.1. The Morgan fingerprint density at radius 1 is 1.08 bits per heavy atom. The minimum Gasteiger partial charge on any atom is -0.341 e. The van der Waals surface area contributed by atoms with Crippen molar-refractivity contribution in [3.8, 4) is 0 Å². The fourth-order valence-corrected chi connectivity index (χ4v) is 3.24. The van der Waals surface area contributed by atoms with Gasteiger partial charge in [0.1, 0.15) is 0 Å². The monoisotopic (exact) mass is 326 g/mol. The molecule has 1 amide bonds. The van der Waals surface area contributed by atoms with Crippen molar-refractivity contribution in [2.45, 2.75) is 25.8 Å². The van der Waals surface area contributed by atoms with Gasteiger partial charge in [-0.2, -0.15) is 5.10 Å². The summed E-state index contributed by atoms with van der Waals surface area (Å²) in [4.78, 5) is 16.9. The lowest BCUT2D eigenvalue weighted by Crippen LogP contribution is -2.35. The van der Waals surface area contributed by atoms with E-state index in [0.29, 0.717) is 6.42 Å². The van der Waals surface area contributed by atoms with E-state index in [1.807, 2.05) is 41.0 Å². The third kappa shape index (κ3) is 4.68. The Hall–Kier alpha value is -2.14. The number of carbonyl (C=O) groups excluding carboxylic acids is 1. The minimum atomic E-state index is 0.280. The van der Waals surface area contributed by atoms with Crippen molar-refractivity contribution in [1.82, 2.24) is 19.6 Å². The van der Waals surface area contributed by atoms with Crippen LogP contribution < -0.4 is 0 Å². The summed E-state index contributed by atoms with van der Waals surface area (Å²) in [6.45, 7) is 4.59. The largest absolute Gasteiger partial charge is 0.341 e. The van der Waals surface area contributed by atoms with E-state index in [4.69, 9.17) is 0 Å². The summed E-state index contributed by atoms with van der Waals surface area (Å²) in [5, 5.41) is 4.23. The Labute approximate surface area is 143 Å². The van der Waals surface area contributed by atoms with Gasteiger partial charge in [0.05, 0.1) is 6.20 Å². The van der Waals surface area contributed by atoms with Crippen LogP contribution in [0.5, 0.6) is 0 Å². The lowest BCUT2D eigenvalue weighted by Gasteiger charge is -2.21. The molecule has 0 radical (unpaired) electrons. The SMILES string of the molecule is Cn1cc(CN2CCCN(C(=O)CCc3ccccc3)CC2)cn1. The maximum Gasteiger partial charge on any atom is 0.222 e. The van der Waals surface area contributed by atoms with Gasteiger partial charge in [0.15, 0.2) is 0 Å². The van der Waals surface area contributed by atoms with Gasteiger partial charge in [-0.25, -0.2) is 0 Å². The fraction of sp³-hybridized carbons (Fsp3) is 0.474. The van der Waals surface area contributed by atoms with Crippen LogP contribution in [-0.4, -0.2) is 51.7 Å². The molecule has 0 atom stereocenters. The molecule has 1 saturated heterocycles. The molecule has 5 heteroatoms. The van der Waals surface area contributed by atoms with Gasteiger partial charge < -0.3 is 4.90 Å². The first-order valence-electron chi connectivity index (χ1n) is 8.72. The van der Waals surface area contributed by atoms with Crippen LogP contribution in [0.3, 0.4) is 0 Å². The van der Waals surface area contributed by atoms with Gasteiger partial charge in [0.25, 0.3) is 0 Å². The number of carbonyl (C=O) groups is 1. The molecule has 0 saturated carbocycles. The van der Waals surface area contributed by atoms with Crippen molar-refractivity contribution in [2.75, 3.05) is 26.2 Å². The number of rotatable bonds is 5. The van der Waals surface area contributed by atoms with Gasteiger partial charge in [-0.15, -0.1) is 0 Å². The molecule has 0 spiro atoms. The van der Waals surface area contributed by atoms with E-state index in [1.54, 1.807) is 0 Å². The summed E-state index contributed by atoms with van der Waals surface area (Å²) in [7, 11) is 1.94. The second kappa shape index (κ2) is 8.11. The van der Waals surface area contributed by atoms with Crippen LogP contribution in [0.25, 0.3) is 0 Å². The van der Waals surface area contributed by atoms with Crippen molar-refractivity contribution in [1.29, 1.82) is 0 Å². The molecule has 1 aromatic carbocycles. The zero-order chi connectivity index (χ0) is 16.8. The van der Waals surface area contributed by atoms with E-state index in [2.05, 4.69) is 28.3 Å². The molecule has 1 aromatic heterocycles. The Bertz CT molecular complexity index is 652. The number of benzene rings is 1. The number of amides is 1. The van der Waals surface area contributed by atoms with Crippen molar-refractivity contribution in [3.05, 3.63) is 53.9 Å². The Morgan fingerprint density at radius 3 is 2.67 bits per heavy atom. The zero-order valence-corrected chi connectivity index (χ0v) is 14.4. The first-order chi connectivity index (χ1) is 11.7. The first kappa shape index (κ1) is 16.7. The summed E-state index contributed by atoms with van der Waals surface area (Å²) in [5.41, 5.74) is 2.47. The van der Waals surface area contributed by atoms with Crippen LogP contribution in [0.4, 0.5) is 0 Å². The molecule has 0 bridgehead atoms. The van der Waals surface area contributed by atoms with Crippen LogP contribution in [0.1, 0.15) is 24.0 Å². The molecule has 1 aliphatic rings. The quantitative estimate of drug-likeness (QED) is 0.845. The van der Waals surface area contributed by atoms with E-state index in [9.17, 15) is 4.79 Å². The summed E-state index contributed by atoms with van der Waals surface area (Å²) < 4.78 is 1.84. The van der Waals surface area contributed by atoms with Gasteiger partial charge in [-0.05, 0) is 18.4 Å². The highest BCUT2D eigenvalue weighted by molar-refractivity contribution is 5.76. The standard InChI is InChI=1S/C19H26N4O/c1-21-15-18(14-20-21)16-22-10-5-11-23(13-12-22)19(24)9-8-17-6-3-2-4-7-17/h2-4,6-7,14-15H,5,8-13,16H2,1H3. The summed E-state index contributed by atoms with van der Waals surface area (Å²) in [6.07, 6.45) is 6.46. The third-order valence-corrected chi connectivity index (χ3v) is 4.58. The van der Waals surface area contributed by atoms with Gasteiger partial charge in [-0.1, -0.05) is 30.3 Å². The summed E-state index contributed by atoms with van der Waals surface area (Å²) in [5.74, 6) is 0.280. The molecule has 1 aliphatic heterocycles.